The summed E-state index contributed by atoms with van der Waals surface area (Å²) in [7, 11) is 0. The summed E-state index contributed by atoms with van der Waals surface area (Å²) in [4.78, 5) is 49.1. The number of hydrogen-bond acceptors (Lipinski definition) is 12. The van der Waals surface area contributed by atoms with Crippen molar-refractivity contribution in [3.05, 3.63) is 35.0 Å². The predicted octanol–water partition coefficient (Wildman–Crippen LogP) is 2.58. The Morgan fingerprint density at radius 1 is 1.05 bits per heavy atom. The van der Waals surface area contributed by atoms with E-state index in [9.17, 15) is 23.9 Å². The lowest BCUT2D eigenvalue weighted by Crippen LogP contribution is -2.59. The molecule has 16 heteroatoms. The molecule has 0 spiro atoms. The van der Waals surface area contributed by atoms with E-state index in [1.165, 1.54) is 16.2 Å². The van der Waals surface area contributed by atoms with Gasteiger partial charge in [0.15, 0.2) is 5.67 Å². The van der Waals surface area contributed by atoms with Crippen molar-refractivity contribution in [2.75, 3.05) is 72.4 Å². The van der Waals surface area contributed by atoms with Gasteiger partial charge in [-0.15, -0.1) is 11.3 Å². The van der Waals surface area contributed by atoms with Crippen molar-refractivity contribution >= 4 is 29.1 Å². The van der Waals surface area contributed by atoms with E-state index in [0.29, 0.717) is 57.0 Å². The molecule has 2 aromatic rings. The zero-order valence-electron chi connectivity index (χ0n) is 32.6. The molecule has 55 heavy (non-hydrogen) atoms. The minimum Gasteiger partial charge on any atom is -0.491 e. The quantitative estimate of drug-likeness (QED) is 0.145. The second-order valence-electron chi connectivity index (χ2n) is 15.8. The van der Waals surface area contributed by atoms with Crippen molar-refractivity contribution in [3.63, 3.8) is 0 Å². The van der Waals surface area contributed by atoms with E-state index in [2.05, 4.69) is 20.5 Å². The number of aryl methyl sites for hydroxylation is 1. The van der Waals surface area contributed by atoms with Crippen LogP contribution in [0.25, 0.3) is 10.4 Å². The van der Waals surface area contributed by atoms with Crippen LogP contribution in [0.2, 0.25) is 0 Å². The van der Waals surface area contributed by atoms with Gasteiger partial charge in [0.2, 0.25) is 11.8 Å². The number of amides is 3. The summed E-state index contributed by atoms with van der Waals surface area (Å²) < 4.78 is 37.8. The smallest absolute Gasteiger partial charge is 0.258 e. The molecule has 1 aromatic carbocycles. The summed E-state index contributed by atoms with van der Waals surface area (Å²) in [6.45, 7) is 13.3. The van der Waals surface area contributed by atoms with E-state index in [1.807, 2.05) is 25.1 Å². The van der Waals surface area contributed by atoms with Gasteiger partial charge in [0, 0.05) is 37.7 Å². The standard InChI is InChI=1S/C39H59FN6O8S/c1-26-33(55-25-43-26)27-5-6-28(32(21-27)54-20-19-53-18-17-52-16-15-51-14-13-45-11-7-29(41)8-12-45)23-42-35(48)31-22-30(47)24-46(31)36(49)34(38(2,3)4)44-37(50)39(40)9-10-39/h5-6,21,25,29-31,34,47H,7-20,22-24,41H2,1-4H3,(H,42,48)(H,44,50)/t30-,31+,34-/m1/s1. The average Bonchev–Trinajstić information content (AvgIpc) is 3.56. The first-order chi connectivity index (χ1) is 26.2. The van der Waals surface area contributed by atoms with Crippen molar-refractivity contribution in [2.45, 2.75) is 96.2 Å². The summed E-state index contributed by atoms with van der Waals surface area (Å²) in [6, 6.07) is 4.00. The highest BCUT2D eigenvalue weighted by molar-refractivity contribution is 7.13. The molecule has 0 unspecified atom stereocenters. The van der Waals surface area contributed by atoms with Crippen molar-refractivity contribution in [1.82, 2.24) is 25.4 Å². The number of carbonyl (C=O) groups excluding carboxylic acids is 3. The van der Waals surface area contributed by atoms with Crippen LogP contribution in [0.3, 0.4) is 0 Å². The fourth-order valence-corrected chi connectivity index (χ4v) is 7.50. The number of aromatic nitrogens is 1. The van der Waals surface area contributed by atoms with Crippen molar-refractivity contribution < 1.29 is 42.8 Å². The van der Waals surface area contributed by atoms with Crippen molar-refractivity contribution in [3.8, 4) is 16.2 Å². The van der Waals surface area contributed by atoms with E-state index in [0.717, 1.165) is 48.6 Å². The number of nitrogens with one attached hydrogen (secondary N) is 2. The third kappa shape index (κ3) is 12.4. The summed E-state index contributed by atoms with van der Waals surface area (Å²) in [5.74, 6) is -1.26. The molecule has 0 radical (unpaired) electrons. The molecule has 2 saturated heterocycles. The van der Waals surface area contributed by atoms with Gasteiger partial charge in [-0.2, -0.15) is 0 Å². The average molecular weight is 791 g/mol. The van der Waals surface area contributed by atoms with Crippen LogP contribution in [0.15, 0.2) is 23.7 Å². The van der Waals surface area contributed by atoms with Crippen LogP contribution >= 0.6 is 11.3 Å². The van der Waals surface area contributed by atoms with E-state index in [1.54, 1.807) is 26.3 Å². The highest BCUT2D eigenvalue weighted by atomic mass is 32.1. The minimum atomic E-state index is -1.96. The molecule has 3 aliphatic rings. The Kier molecular flexibility index (Phi) is 15.4. The fraction of sp³-hybridized carbons (Fsp3) is 0.692. The lowest BCUT2D eigenvalue weighted by atomic mass is 9.85. The number of aliphatic hydroxyl groups excluding tert-OH is 1. The molecular formula is C39H59FN6O8S. The topological polar surface area (TPSA) is 178 Å². The van der Waals surface area contributed by atoms with Gasteiger partial charge in [0.25, 0.3) is 5.91 Å². The van der Waals surface area contributed by atoms with Crippen LogP contribution in [0.4, 0.5) is 4.39 Å². The van der Waals surface area contributed by atoms with Gasteiger partial charge in [-0.25, -0.2) is 9.37 Å². The maximum Gasteiger partial charge on any atom is 0.258 e. The number of nitrogens with two attached hydrogens (primary N) is 1. The number of benzene rings is 1. The largest absolute Gasteiger partial charge is 0.491 e. The van der Waals surface area contributed by atoms with Crippen LogP contribution < -0.4 is 21.1 Å². The van der Waals surface area contributed by atoms with Gasteiger partial charge >= 0.3 is 0 Å². The molecule has 1 saturated carbocycles. The Labute approximate surface area is 327 Å². The molecule has 3 heterocycles. The second kappa shape index (κ2) is 19.7. The van der Waals surface area contributed by atoms with Crippen molar-refractivity contribution in [2.24, 2.45) is 11.1 Å². The summed E-state index contributed by atoms with van der Waals surface area (Å²) in [6.07, 6.45) is 1.41. The van der Waals surface area contributed by atoms with Gasteiger partial charge in [0.1, 0.15) is 24.4 Å². The van der Waals surface area contributed by atoms with E-state index < -0.39 is 47.0 Å². The lowest BCUT2D eigenvalue weighted by molar-refractivity contribution is -0.145. The Hall–Kier alpha value is -3.25. The van der Waals surface area contributed by atoms with Crippen LogP contribution in [-0.4, -0.2) is 140 Å². The predicted molar refractivity (Wildman–Crippen MR) is 206 cm³/mol. The van der Waals surface area contributed by atoms with E-state index in [4.69, 9.17) is 24.7 Å². The molecule has 14 nitrogen and oxygen atoms in total. The number of aliphatic hydroxyl groups is 1. The molecule has 3 amide bonds. The molecular weight excluding hydrogens is 732 g/mol. The minimum absolute atomic E-state index is 0.0329. The molecule has 5 rings (SSSR count). The summed E-state index contributed by atoms with van der Waals surface area (Å²) >= 11 is 1.52. The second-order valence-corrected chi connectivity index (χ2v) is 16.7. The number of nitrogens with zero attached hydrogens (tertiary/aromatic N) is 3. The molecule has 1 aromatic heterocycles. The SMILES string of the molecule is Cc1ncsc1-c1ccc(CNC(=O)[C@@H]2C[C@@H](O)CN2C(=O)[C@@H](NC(=O)C2(F)CC2)C(C)(C)C)c(OCCOCCOCCOCCN2CCC(N)CC2)c1. The van der Waals surface area contributed by atoms with E-state index in [-0.39, 0.29) is 39.0 Å². The number of likely N-dealkylation sites (tertiary alicyclic amines) is 2. The summed E-state index contributed by atoms with van der Waals surface area (Å²) in [5.41, 5.74) is 7.55. The Morgan fingerprint density at radius 2 is 1.71 bits per heavy atom. The maximum absolute atomic E-state index is 14.6. The van der Waals surface area contributed by atoms with Crippen LogP contribution in [-0.2, 0) is 35.1 Å². The maximum atomic E-state index is 14.6. The molecule has 2 aliphatic heterocycles. The zero-order chi connectivity index (χ0) is 39.6. The summed E-state index contributed by atoms with van der Waals surface area (Å²) in [5, 5.41) is 16.1. The molecule has 0 bridgehead atoms. The molecule has 3 fully saturated rings. The molecule has 5 N–H and O–H groups in total. The number of hydrogen-bond donors (Lipinski definition) is 4. The van der Waals surface area contributed by atoms with Gasteiger partial charge < -0.3 is 50.2 Å². The number of halogens is 1. The first kappa shape index (κ1) is 42.9. The zero-order valence-corrected chi connectivity index (χ0v) is 33.5. The Morgan fingerprint density at radius 3 is 2.33 bits per heavy atom. The number of carbonyl (C=O) groups is 3. The van der Waals surface area contributed by atoms with Gasteiger partial charge in [-0.05, 0) is 62.7 Å². The monoisotopic (exact) mass is 790 g/mol. The van der Waals surface area contributed by atoms with Gasteiger partial charge in [0.05, 0.1) is 61.8 Å². The number of rotatable bonds is 20. The third-order valence-corrected chi connectivity index (χ3v) is 11.3. The molecule has 3 atom stereocenters. The fourth-order valence-electron chi connectivity index (χ4n) is 6.70. The third-order valence-electron chi connectivity index (χ3n) is 10.3. The molecule has 1 aliphatic carbocycles. The van der Waals surface area contributed by atoms with Gasteiger partial charge in [-0.3, -0.25) is 14.4 Å². The highest BCUT2D eigenvalue weighted by Gasteiger charge is 2.53. The number of piperidine rings is 1. The van der Waals surface area contributed by atoms with Crippen LogP contribution in [0, 0.1) is 12.3 Å². The Balaban J connectivity index is 1.10. The van der Waals surface area contributed by atoms with Crippen LogP contribution in [0.1, 0.15) is 64.1 Å². The molecule has 306 valence electrons. The first-order valence-electron chi connectivity index (χ1n) is 19.4. The normalized spacial score (nSPS) is 20.7. The number of thiazole rings is 1. The highest BCUT2D eigenvalue weighted by Crippen LogP contribution is 2.40. The van der Waals surface area contributed by atoms with Crippen LogP contribution in [0.5, 0.6) is 5.75 Å². The van der Waals surface area contributed by atoms with Crippen molar-refractivity contribution in [1.29, 1.82) is 0 Å². The van der Waals surface area contributed by atoms with E-state index >= 15 is 0 Å². The first-order valence-corrected chi connectivity index (χ1v) is 20.3. The lowest BCUT2D eigenvalue weighted by Gasteiger charge is -2.35. The number of alkyl halides is 1. The van der Waals surface area contributed by atoms with Gasteiger partial charge in [-0.1, -0.05) is 32.9 Å². The Bertz CT molecular complexity index is 1580. The number of ether oxygens (including phenoxy) is 4. The number of β-amino-alcohol motifs (C(OH)–C–C–N with tert-alkyl or cyclic N) is 1.